The molecule has 8 heteroatoms. The normalized spacial score (nSPS) is 13.2. The Morgan fingerprint density at radius 2 is 1.96 bits per heavy atom. The molecule has 0 aliphatic rings. The minimum absolute atomic E-state index is 0. The third-order valence-corrected chi connectivity index (χ3v) is 4.02. The molecular formula is C20H28IN3O4. The summed E-state index contributed by atoms with van der Waals surface area (Å²) in [6, 6.07) is 10.8. The van der Waals surface area contributed by atoms with Gasteiger partial charge in [-0.3, -0.25) is 0 Å². The molecule has 2 rings (SSSR count). The fourth-order valence-corrected chi connectivity index (χ4v) is 2.49. The van der Waals surface area contributed by atoms with Crippen LogP contribution in [0.3, 0.4) is 0 Å². The molecule has 1 unspecified atom stereocenters. The van der Waals surface area contributed by atoms with Crippen molar-refractivity contribution in [2.24, 2.45) is 4.99 Å². The SMILES string of the molecule is CCNC(=NCC(C)(O)c1ccco1)NCCc1ccc(C(=O)OC)cc1.I. The Labute approximate surface area is 182 Å². The number of nitrogens with one attached hydrogen (secondary N) is 2. The Hall–Kier alpha value is -2.07. The molecule has 3 N–H and O–H groups in total. The van der Waals surface area contributed by atoms with E-state index in [1.807, 2.05) is 19.1 Å². The van der Waals surface area contributed by atoms with Crippen molar-refractivity contribution in [1.82, 2.24) is 10.6 Å². The van der Waals surface area contributed by atoms with Gasteiger partial charge in [-0.05, 0) is 50.1 Å². The van der Waals surface area contributed by atoms with Crippen molar-refractivity contribution in [2.75, 3.05) is 26.7 Å². The minimum atomic E-state index is -1.17. The predicted molar refractivity (Wildman–Crippen MR) is 119 cm³/mol. The zero-order valence-corrected chi connectivity index (χ0v) is 18.7. The first-order valence-corrected chi connectivity index (χ1v) is 8.92. The maximum absolute atomic E-state index is 11.5. The Balaban J connectivity index is 0.00000392. The number of ether oxygens (including phenoxy) is 1. The van der Waals surface area contributed by atoms with Crippen LogP contribution >= 0.6 is 24.0 Å². The van der Waals surface area contributed by atoms with Crippen molar-refractivity contribution in [2.45, 2.75) is 25.9 Å². The van der Waals surface area contributed by atoms with Gasteiger partial charge in [-0.25, -0.2) is 9.79 Å². The van der Waals surface area contributed by atoms with Crippen LogP contribution in [0.1, 0.15) is 35.5 Å². The number of rotatable bonds is 8. The average Bonchev–Trinajstić information content (AvgIpc) is 3.22. The van der Waals surface area contributed by atoms with Gasteiger partial charge in [-0.15, -0.1) is 24.0 Å². The summed E-state index contributed by atoms with van der Waals surface area (Å²) in [5, 5.41) is 16.9. The molecule has 1 heterocycles. The Bertz CT molecular complexity index is 743. The molecule has 0 saturated heterocycles. The molecule has 0 radical (unpaired) electrons. The molecule has 0 saturated carbocycles. The zero-order valence-electron chi connectivity index (χ0n) is 16.4. The number of aliphatic imine (C=N–C) groups is 1. The number of esters is 1. The van der Waals surface area contributed by atoms with Crippen molar-refractivity contribution in [1.29, 1.82) is 0 Å². The van der Waals surface area contributed by atoms with Crippen LogP contribution in [0.25, 0.3) is 0 Å². The van der Waals surface area contributed by atoms with Gasteiger partial charge in [-0.2, -0.15) is 0 Å². The van der Waals surface area contributed by atoms with Crippen molar-refractivity contribution in [3.8, 4) is 0 Å². The van der Waals surface area contributed by atoms with Gasteiger partial charge in [0.15, 0.2) is 5.96 Å². The van der Waals surface area contributed by atoms with E-state index in [1.165, 1.54) is 13.4 Å². The van der Waals surface area contributed by atoms with E-state index in [9.17, 15) is 9.90 Å². The molecule has 0 aliphatic carbocycles. The van der Waals surface area contributed by atoms with E-state index >= 15 is 0 Å². The van der Waals surface area contributed by atoms with Crippen molar-refractivity contribution in [3.63, 3.8) is 0 Å². The highest BCUT2D eigenvalue weighted by Gasteiger charge is 2.26. The van der Waals surface area contributed by atoms with E-state index in [0.29, 0.717) is 30.4 Å². The second kappa shape index (κ2) is 11.7. The predicted octanol–water partition coefficient (Wildman–Crippen LogP) is 2.69. The summed E-state index contributed by atoms with van der Waals surface area (Å²) in [4.78, 5) is 15.9. The van der Waals surface area contributed by atoms with Crippen molar-refractivity contribution in [3.05, 3.63) is 59.5 Å². The van der Waals surface area contributed by atoms with E-state index in [0.717, 1.165) is 12.0 Å². The molecular weight excluding hydrogens is 473 g/mol. The third kappa shape index (κ3) is 7.16. The summed E-state index contributed by atoms with van der Waals surface area (Å²) in [7, 11) is 1.37. The maximum atomic E-state index is 11.5. The smallest absolute Gasteiger partial charge is 0.337 e. The van der Waals surface area contributed by atoms with Crippen molar-refractivity contribution >= 4 is 35.9 Å². The lowest BCUT2D eigenvalue weighted by molar-refractivity contribution is 0.0437. The number of carbonyl (C=O) groups is 1. The number of aliphatic hydroxyl groups is 1. The summed E-state index contributed by atoms with van der Waals surface area (Å²) >= 11 is 0. The molecule has 0 spiro atoms. The number of hydrogen-bond acceptors (Lipinski definition) is 5. The number of guanidine groups is 1. The Morgan fingerprint density at radius 1 is 1.25 bits per heavy atom. The molecule has 0 aliphatic heterocycles. The topological polar surface area (TPSA) is 96.1 Å². The summed E-state index contributed by atoms with van der Waals surface area (Å²) in [6.45, 7) is 5.19. The van der Waals surface area contributed by atoms with Gasteiger partial charge < -0.3 is 24.9 Å². The quantitative estimate of drug-likeness (QED) is 0.223. The highest BCUT2D eigenvalue weighted by atomic mass is 127. The van der Waals surface area contributed by atoms with Gasteiger partial charge in [0.2, 0.25) is 0 Å². The second-order valence-electron chi connectivity index (χ2n) is 6.31. The van der Waals surface area contributed by atoms with Gasteiger partial charge >= 0.3 is 5.97 Å². The number of hydrogen-bond donors (Lipinski definition) is 3. The summed E-state index contributed by atoms with van der Waals surface area (Å²) < 4.78 is 9.97. The second-order valence-corrected chi connectivity index (χ2v) is 6.31. The highest BCUT2D eigenvalue weighted by Crippen LogP contribution is 2.21. The Kier molecular flexibility index (Phi) is 10.0. The van der Waals surface area contributed by atoms with Crippen LogP contribution < -0.4 is 10.6 Å². The summed E-state index contributed by atoms with van der Waals surface area (Å²) in [5.41, 5.74) is 0.452. The first-order valence-electron chi connectivity index (χ1n) is 8.92. The van der Waals surface area contributed by atoms with Crippen LogP contribution in [0.5, 0.6) is 0 Å². The van der Waals surface area contributed by atoms with E-state index in [2.05, 4.69) is 15.6 Å². The van der Waals surface area contributed by atoms with Crippen LogP contribution in [0.15, 0.2) is 52.1 Å². The monoisotopic (exact) mass is 501 g/mol. The zero-order chi connectivity index (χ0) is 19.7. The number of carbonyl (C=O) groups excluding carboxylic acids is 1. The lowest BCUT2D eigenvalue weighted by Gasteiger charge is -2.19. The summed E-state index contributed by atoms with van der Waals surface area (Å²) in [5.74, 6) is 0.758. The summed E-state index contributed by atoms with van der Waals surface area (Å²) in [6.07, 6.45) is 2.29. The number of benzene rings is 1. The van der Waals surface area contributed by atoms with E-state index in [4.69, 9.17) is 9.15 Å². The van der Waals surface area contributed by atoms with E-state index < -0.39 is 5.60 Å². The molecule has 7 nitrogen and oxygen atoms in total. The fraction of sp³-hybridized carbons (Fsp3) is 0.400. The van der Waals surface area contributed by atoms with Crippen LogP contribution in [0.4, 0.5) is 0 Å². The largest absolute Gasteiger partial charge is 0.466 e. The molecule has 1 aromatic carbocycles. The van der Waals surface area contributed by atoms with Crippen LogP contribution in [-0.4, -0.2) is 43.8 Å². The molecule has 28 heavy (non-hydrogen) atoms. The van der Waals surface area contributed by atoms with Gasteiger partial charge in [0, 0.05) is 13.1 Å². The molecule has 0 amide bonds. The maximum Gasteiger partial charge on any atom is 0.337 e. The first kappa shape index (κ1) is 24.0. The van der Waals surface area contributed by atoms with Gasteiger partial charge in [0.05, 0.1) is 25.5 Å². The lowest BCUT2D eigenvalue weighted by Crippen LogP contribution is -2.39. The number of halogens is 1. The van der Waals surface area contributed by atoms with Crippen LogP contribution in [0, 0.1) is 0 Å². The molecule has 1 aromatic heterocycles. The van der Waals surface area contributed by atoms with Gasteiger partial charge in [0.25, 0.3) is 0 Å². The molecule has 2 aromatic rings. The molecule has 1 atom stereocenters. The number of methoxy groups -OCH3 is 1. The lowest BCUT2D eigenvalue weighted by atomic mass is 10.0. The fourth-order valence-electron chi connectivity index (χ4n) is 2.49. The first-order chi connectivity index (χ1) is 13.0. The van der Waals surface area contributed by atoms with Crippen molar-refractivity contribution < 1.29 is 19.1 Å². The highest BCUT2D eigenvalue weighted by molar-refractivity contribution is 14.0. The van der Waals surface area contributed by atoms with E-state index in [1.54, 1.807) is 31.2 Å². The third-order valence-electron chi connectivity index (χ3n) is 4.02. The Morgan fingerprint density at radius 3 is 2.54 bits per heavy atom. The van der Waals surface area contributed by atoms with Gasteiger partial charge in [0.1, 0.15) is 11.4 Å². The number of furan rings is 1. The molecule has 154 valence electrons. The van der Waals surface area contributed by atoms with Crippen LogP contribution in [0.2, 0.25) is 0 Å². The van der Waals surface area contributed by atoms with E-state index in [-0.39, 0.29) is 36.5 Å². The number of nitrogens with zero attached hydrogens (tertiary/aromatic N) is 1. The average molecular weight is 501 g/mol. The van der Waals surface area contributed by atoms with Gasteiger partial charge in [-0.1, -0.05) is 12.1 Å². The van der Waals surface area contributed by atoms with Crippen LogP contribution in [-0.2, 0) is 16.8 Å². The standard InChI is InChI=1S/C20H27N3O4.HI/c1-4-21-19(23-14-20(2,25)17-6-5-13-27-17)22-12-11-15-7-9-16(10-8-15)18(24)26-3;/h5-10,13,25H,4,11-12,14H2,1-3H3,(H2,21,22,23);1H. The molecule has 0 bridgehead atoms. The minimum Gasteiger partial charge on any atom is -0.466 e. The molecule has 0 fully saturated rings.